The molecule has 11 aromatic carbocycles. The Morgan fingerprint density at radius 2 is 1.12 bits per heavy atom. The van der Waals surface area contributed by atoms with Gasteiger partial charge in [-0.25, -0.2) is 4.98 Å². The quantitative estimate of drug-likeness (QED) is 0.142. The van der Waals surface area contributed by atoms with E-state index >= 15 is 0 Å². The van der Waals surface area contributed by atoms with Gasteiger partial charge in [0.05, 0.1) is 33.2 Å². The van der Waals surface area contributed by atoms with Gasteiger partial charge in [-0.3, -0.25) is 0 Å². The van der Waals surface area contributed by atoms with Crippen molar-refractivity contribution in [2.24, 2.45) is 14.0 Å². The van der Waals surface area contributed by atoms with Crippen LogP contribution in [0.5, 0.6) is 11.5 Å². The monoisotopic (exact) mass is 1270 g/mol. The third-order valence-corrected chi connectivity index (χ3v) is 16.5. The van der Waals surface area contributed by atoms with Gasteiger partial charge in [0.15, 0.2) is 0 Å². The number of ether oxygens (including phenoxy) is 1. The van der Waals surface area contributed by atoms with Crippen LogP contribution in [0.1, 0.15) is 19.3 Å². The van der Waals surface area contributed by atoms with Gasteiger partial charge in [0, 0.05) is 138 Å². The Bertz CT molecular complexity index is 5730. The average molecular weight is 1270 g/mol. The van der Waals surface area contributed by atoms with Crippen molar-refractivity contribution in [2.75, 3.05) is 9.80 Å². The summed E-state index contributed by atoms with van der Waals surface area (Å²) in [5.41, 5.74) is 11.8. The van der Waals surface area contributed by atoms with E-state index in [1.54, 1.807) is 0 Å². The molecule has 0 saturated heterocycles. The standard InChI is InChI=1S/C75H50N7O.Pt/c1-47-41-69(76-45-60(47)48-21-6-4-7-22-48)82-65-40-37-51(81-63-33-16-10-27-54(63)55-28-11-17-34-64(55)81)43-59(65)56-39-38-53(44-68(56)82)83-52-26-20-25-50(42-52)79-46-80(67-36-19-18-35-66(67)79)75-73-71(57-29-12-14-31-61(57)77(73)2)70(49-23-8-5-9-24-49)72-58-30-13-15-32-62(58)78(3)74(72)75;/h4-41,43,45-46H,1-3H3;/q-3;/i2D3,3D3,10D,16D,27D,33D;. The van der Waals surface area contributed by atoms with E-state index in [4.69, 9.17) is 13.8 Å². The summed E-state index contributed by atoms with van der Waals surface area (Å²) in [4.78, 5) is 8.98. The molecule has 0 N–H and O–H groups in total. The van der Waals surface area contributed by atoms with Crippen LogP contribution in [0.4, 0.5) is 22.7 Å². The Balaban J connectivity index is 0.00000699. The zero-order valence-corrected chi connectivity index (χ0v) is 47.0. The second-order valence-corrected chi connectivity index (χ2v) is 21.0. The van der Waals surface area contributed by atoms with Crippen LogP contribution in [-0.2, 0) is 35.0 Å². The molecular formula is C75H50N7OPt-3. The van der Waals surface area contributed by atoms with Gasteiger partial charge in [-0.2, -0.15) is 12.1 Å². The van der Waals surface area contributed by atoms with Crippen molar-refractivity contribution in [1.29, 1.82) is 0 Å². The summed E-state index contributed by atoms with van der Waals surface area (Å²) in [5.74, 6) is 1.38. The molecule has 1 aliphatic rings. The molecule has 8 nitrogen and oxygen atoms in total. The van der Waals surface area contributed by atoms with E-state index in [-0.39, 0.29) is 45.2 Å². The smallest absolute Gasteiger partial charge is 0.135 e. The first-order chi connectivity index (χ1) is 45.0. The first-order valence-corrected chi connectivity index (χ1v) is 27.4. The normalized spacial score (nSPS) is 14.5. The first-order valence-electron chi connectivity index (χ1n) is 32.4. The summed E-state index contributed by atoms with van der Waals surface area (Å²) in [6.45, 7) is -1.53. The molecule has 0 spiro atoms. The summed E-state index contributed by atoms with van der Waals surface area (Å²) in [5, 5.41) is 5.55. The molecule has 84 heavy (non-hydrogen) atoms. The van der Waals surface area contributed by atoms with E-state index in [0.717, 1.165) is 49.6 Å². The third kappa shape index (κ3) is 7.33. The van der Waals surface area contributed by atoms with Crippen LogP contribution in [0.25, 0.3) is 121 Å². The van der Waals surface area contributed by atoms with Gasteiger partial charge < -0.3 is 32.8 Å². The summed E-state index contributed by atoms with van der Waals surface area (Å²) >= 11 is 0. The van der Waals surface area contributed by atoms with Crippen LogP contribution in [-0.4, -0.2) is 23.3 Å². The van der Waals surface area contributed by atoms with Crippen LogP contribution < -0.4 is 14.5 Å². The van der Waals surface area contributed by atoms with Crippen molar-refractivity contribution in [3.8, 4) is 45.3 Å². The number of rotatable bonds is 8. The number of fused-ring (bicyclic) bond motifs is 13. The summed E-state index contributed by atoms with van der Waals surface area (Å²) in [6, 6.07) is 74.0. The van der Waals surface area contributed by atoms with Crippen LogP contribution in [0.2, 0.25) is 0 Å². The molecule has 17 rings (SSSR count). The maximum atomic E-state index is 9.30. The topological polar surface area (TPSA) is 48.3 Å². The molecule has 0 unspecified atom stereocenters. The van der Waals surface area contributed by atoms with Gasteiger partial charge in [-0.1, -0.05) is 151 Å². The molecule has 6 heterocycles. The van der Waals surface area contributed by atoms with Crippen molar-refractivity contribution in [1.82, 2.24) is 23.3 Å². The number of nitrogens with zero attached hydrogens (tertiary/aromatic N) is 7. The second kappa shape index (κ2) is 19.2. The van der Waals surface area contributed by atoms with E-state index in [1.807, 2.05) is 221 Å². The Morgan fingerprint density at radius 1 is 0.500 bits per heavy atom. The second-order valence-electron chi connectivity index (χ2n) is 21.0. The molecule has 0 bridgehead atoms. The number of hydrogen-bond acceptors (Lipinski definition) is 4. The van der Waals surface area contributed by atoms with Gasteiger partial charge in [0.1, 0.15) is 5.82 Å². The van der Waals surface area contributed by atoms with Crippen LogP contribution in [0.15, 0.2) is 243 Å². The molecule has 0 atom stereocenters. The fraction of sp³-hybridized carbons (Fsp3) is 0.0400. The Kier molecular flexibility index (Phi) is 9.19. The fourth-order valence-electron chi connectivity index (χ4n) is 12.9. The molecule has 9 heteroatoms. The number of hydrogen-bond donors (Lipinski definition) is 0. The Hall–Kier alpha value is -10.1. The minimum absolute atomic E-state index is 0. The van der Waals surface area contributed by atoms with Crippen molar-refractivity contribution in [2.45, 2.75) is 6.92 Å². The van der Waals surface area contributed by atoms with Crippen molar-refractivity contribution in [3.05, 3.63) is 267 Å². The molecule has 404 valence electrons. The van der Waals surface area contributed by atoms with E-state index < -0.39 is 14.0 Å². The largest absolute Gasteiger partial charge is 0.509 e. The Morgan fingerprint density at radius 3 is 1.83 bits per heavy atom. The number of aromatic nitrogens is 5. The minimum Gasteiger partial charge on any atom is -0.509 e. The van der Waals surface area contributed by atoms with Crippen molar-refractivity contribution in [3.63, 3.8) is 0 Å². The van der Waals surface area contributed by atoms with Gasteiger partial charge in [0.25, 0.3) is 0 Å². The molecule has 0 aliphatic carbocycles. The van der Waals surface area contributed by atoms with Crippen molar-refractivity contribution < 1.29 is 39.5 Å². The molecular weight excluding hydrogens is 1210 g/mol. The van der Waals surface area contributed by atoms with Gasteiger partial charge in [-0.05, 0) is 89.6 Å². The van der Waals surface area contributed by atoms with E-state index in [0.29, 0.717) is 111 Å². The van der Waals surface area contributed by atoms with E-state index in [1.165, 1.54) is 9.13 Å². The average Bonchev–Trinajstić information content (AvgIpc) is 1.51. The third-order valence-electron chi connectivity index (χ3n) is 16.5. The van der Waals surface area contributed by atoms with E-state index in [9.17, 15) is 9.60 Å². The zero-order valence-electron chi connectivity index (χ0n) is 54.7. The number of aryl methyl sites for hydroxylation is 3. The van der Waals surface area contributed by atoms with Crippen molar-refractivity contribution >= 4 is 110 Å². The fourth-order valence-corrected chi connectivity index (χ4v) is 12.9. The molecule has 0 fully saturated rings. The molecule has 16 aromatic rings. The first kappa shape index (κ1) is 40.1. The Labute approximate surface area is 513 Å². The molecule has 5 aromatic heterocycles. The number of para-hydroxylation sites is 6. The number of benzene rings is 11. The molecule has 0 radical (unpaired) electrons. The minimum atomic E-state index is -2.73. The summed E-state index contributed by atoms with van der Waals surface area (Å²) in [7, 11) is 0. The van der Waals surface area contributed by atoms with Crippen LogP contribution in [0, 0.1) is 25.7 Å². The number of anilines is 4. The predicted molar refractivity (Wildman–Crippen MR) is 342 cm³/mol. The molecule has 0 saturated carbocycles. The van der Waals surface area contributed by atoms with Gasteiger partial charge in [-0.15, -0.1) is 48.1 Å². The van der Waals surface area contributed by atoms with Crippen LogP contribution >= 0.6 is 0 Å². The molecule has 0 amide bonds. The van der Waals surface area contributed by atoms with Crippen LogP contribution in [0.3, 0.4) is 0 Å². The zero-order chi connectivity index (χ0) is 63.5. The predicted octanol–water partition coefficient (Wildman–Crippen LogP) is 19.0. The maximum absolute atomic E-state index is 9.30. The van der Waals surface area contributed by atoms with Gasteiger partial charge in [0.2, 0.25) is 0 Å². The maximum Gasteiger partial charge on any atom is 0.135 e. The van der Waals surface area contributed by atoms with E-state index in [2.05, 4.69) is 41.8 Å². The molecule has 1 aliphatic heterocycles. The summed E-state index contributed by atoms with van der Waals surface area (Å²) in [6.07, 6.45) is 1.89. The SMILES string of the molecule is [2H]c1c([2H])c([2H])c2c(c1[2H])c1ccccc1n2-c1ccc2c(c1)c1ccc(Oc3[c-]c(N4[CH-]N(c5c6c(c(-c7ccccc7)c7c8ccccc8n(C([2H])([2H])[2H])c57)c5ccccc5n6C([2H])([2H])[2H])c5ccccc54)ccc3)[c-]c1n2-c1cc(C)c(-c2ccccc2)cn1.[Pt]. The summed E-state index contributed by atoms with van der Waals surface area (Å²) < 4.78 is 105. The van der Waals surface area contributed by atoms with Gasteiger partial charge >= 0.3 is 0 Å². The number of pyridine rings is 1.